The summed E-state index contributed by atoms with van der Waals surface area (Å²) in [6, 6.07) is 0. The normalized spacial score (nSPS) is 14.7. The van der Waals surface area contributed by atoms with E-state index in [1.165, 1.54) is 0 Å². The third-order valence-electron chi connectivity index (χ3n) is 1.24. The van der Waals surface area contributed by atoms with Crippen molar-refractivity contribution in [2.45, 2.75) is 32.4 Å². The largest absolute Gasteiger partial charge is 0.380 e. The van der Waals surface area contributed by atoms with Gasteiger partial charge in [0.1, 0.15) is 0 Å². The highest BCUT2D eigenvalue weighted by molar-refractivity contribution is 7.84. The minimum atomic E-state index is -0.971. The molecule has 0 spiro atoms. The van der Waals surface area contributed by atoms with Crippen LogP contribution in [0, 0.1) is 0 Å². The smallest absolute Gasteiger partial charge is 0.0970 e. The van der Waals surface area contributed by atoms with Crippen LogP contribution in [0.5, 0.6) is 0 Å². The third kappa shape index (κ3) is 5.69. The summed E-state index contributed by atoms with van der Waals surface area (Å²) in [7, 11) is -0.971. The molecule has 0 rings (SSSR count). The molecule has 1 atom stereocenters. The van der Waals surface area contributed by atoms with Crippen molar-refractivity contribution in [3.8, 4) is 0 Å². The van der Waals surface area contributed by atoms with Gasteiger partial charge in [-0.15, -0.1) is 0 Å². The summed E-state index contributed by atoms with van der Waals surface area (Å²) in [4.78, 5) is 0. The van der Waals surface area contributed by atoms with Crippen molar-refractivity contribution in [3.05, 3.63) is 0 Å². The molecule has 12 heavy (non-hydrogen) atoms. The van der Waals surface area contributed by atoms with Crippen LogP contribution in [0.4, 0.5) is 0 Å². The molecule has 74 valence electrons. The van der Waals surface area contributed by atoms with Crippen LogP contribution in [0.15, 0.2) is 0 Å². The van der Waals surface area contributed by atoms with E-state index < -0.39 is 11.0 Å². The van der Waals surface area contributed by atoms with E-state index in [9.17, 15) is 4.21 Å². The van der Waals surface area contributed by atoms with Gasteiger partial charge in [-0.3, -0.25) is 0 Å². The van der Waals surface area contributed by atoms with Gasteiger partial charge in [0, 0.05) is 13.2 Å². The number of nitrogens with one attached hydrogen (secondary N) is 1. The average Bonchev–Trinajstić information content (AvgIpc) is 1.96. The van der Waals surface area contributed by atoms with Crippen molar-refractivity contribution in [2.75, 3.05) is 19.8 Å². The fourth-order valence-corrected chi connectivity index (χ4v) is 1.27. The van der Waals surface area contributed by atoms with Crippen LogP contribution in [0.2, 0.25) is 0 Å². The van der Waals surface area contributed by atoms with Crippen LogP contribution in [0.3, 0.4) is 0 Å². The molecule has 0 saturated heterocycles. The summed E-state index contributed by atoms with van der Waals surface area (Å²) >= 11 is 0. The highest BCUT2D eigenvalue weighted by atomic mass is 32.2. The van der Waals surface area contributed by atoms with E-state index >= 15 is 0 Å². The monoisotopic (exact) mass is 193 g/mol. The number of hydrogen-bond acceptors (Lipinski definition) is 2. The Labute approximate surface area is 77.5 Å². The number of ether oxygens (including phenoxy) is 1. The standard InChI is InChI=1S/C8H19NO2S/c1-5-11-7-6-9-12(10)8(2,3)4/h9H,5-7H2,1-4H3. The summed E-state index contributed by atoms with van der Waals surface area (Å²) < 4.78 is 19.2. The van der Waals surface area contributed by atoms with Gasteiger partial charge < -0.3 is 4.74 Å². The Morgan fingerprint density at radius 3 is 2.42 bits per heavy atom. The van der Waals surface area contributed by atoms with Gasteiger partial charge in [-0.25, -0.2) is 8.93 Å². The van der Waals surface area contributed by atoms with E-state index in [2.05, 4.69) is 4.72 Å². The molecule has 0 aliphatic carbocycles. The summed E-state index contributed by atoms with van der Waals surface area (Å²) in [6.45, 7) is 9.75. The SMILES string of the molecule is CCOCCNS(=O)C(C)(C)C. The maximum Gasteiger partial charge on any atom is 0.0970 e. The second kappa shape index (κ2) is 5.67. The molecule has 1 unspecified atom stereocenters. The van der Waals surface area contributed by atoms with Crippen molar-refractivity contribution in [1.29, 1.82) is 0 Å². The summed E-state index contributed by atoms with van der Waals surface area (Å²) in [5.74, 6) is 0. The summed E-state index contributed by atoms with van der Waals surface area (Å²) in [6.07, 6.45) is 0. The predicted octanol–water partition coefficient (Wildman–Crippen LogP) is 1.07. The number of hydrogen-bond donors (Lipinski definition) is 1. The van der Waals surface area contributed by atoms with E-state index in [0.29, 0.717) is 19.8 Å². The molecule has 0 aromatic heterocycles. The fourth-order valence-electron chi connectivity index (χ4n) is 0.567. The van der Waals surface area contributed by atoms with Gasteiger partial charge in [-0.1, -0.05) is 0 Å². The van der Waals surface area contributed by atoms with Crippen LogP contribution in [0.25, 0.3) is 0 Å². The first-order chi connectivity index (χ1) is 5.48. The van der Waals surface area contributed by atoms with Crippen LogP contribution >= 0.6 is 0 Å². The first-order valence-corrected chi connectivity index (χ1v) is 5.36. The Morgan fingerprint density at radius 2 is 2.00 bits per heavy atom. The maximum atomic E-state index is 11.4. The first-order valence-electron chi connectivity index (χ1n) is 4.21. The van der Waals surface area contributed by atoms with Gasteiger partial charge in [0.15, 0.2) is 0 Å². The van der Waals surface area contributed by atoms with Crippen LogP contribution in [-0.2, 0) is 15.7 Å². The molecule has 0 aromatic rings. The van der Waals surface area contributed by atoms with Gasteiger partial charge in [0.05, 0.1) is 22.3 Å². The van der Waals surface area contributed by atoms with E-state index in [1.807, 2.05) is 27.7 Å². The third-order valence-corrected chi connectivity index (χ3v) is 2.82. The van der Waals surface area contributed by atoms with Crippen molar-refractivity contribution in [3.63, 3.8) is 0 Å². The Hall–Kier alpha value is 0.0700. The van der Waals surface area contributed by atoms with Gasteiger partial charge in [-0.2, -0.15) is 0 Å². The Balaban J connectivity index is 3.45. The van der Waals surface area contributed by atoms with Crippen molar-refractivity contribution in [2.24, 2.45) is 0 Å². The van der Waals surface area contributed by atoms with Crippen LogP contribution < -0.4 is 4.72 Å². The lowest BCUT2D eigenvalue weighted by atomic mass is 10.3. The van der Waals surface area contributed by atoms with Crippen LogP contribution in [-0.4, -0.2) is 28.7 Å². The second-order valence-electron chi connectivity index (χ2n) is 3.47. The Kier molecular flexibility index (Phi) is 5.70. The lowest BCUT2D eigenvalue weighted by Gasteiger charge is -2.17. The van der Waals surface area contributed by atoms with E-state index in [1.54, 1.807) is 0 Å². The molecule has 0 saturated carbocycles. The highest BCUT2D eigenvalue weighted by Crippen LogP contribution is 2.07. The van der Waals surface area contributed by atoms with Gasteiger partial charge >= 0.3 is 0 Å². The zero-order chi connectivity index (χ0) is 9.61. The molecule has 0 bridgehead atoms. The van der Waals surface area contributed by atoms with E-state index in [0.717, 1.165) is 0 Å². The molecule has 0 fully saturated rings. The van der Waals surface area contributed by atoms with Gasteiger partial charge in [0.25, 0.3) is 0 Å². The Bertz CT molecular complexity index is 142. The fraction of sp³-hybridized carbons (Fsp3) is 1.00. The minimum Gasteiger partial charge on any atom is -0.380 e. The topological polar surface area (TPSA) is 38.3 Å². The molecule has 0 amide bonds. The zero-order valence-electron chi connectivity index (χ0n) is 8.35. The Morgan fingerprint density at radius 1 is 1.42 bits per heavy atom. The molecule has 3 nitrogen and oxygen atoms in total. The lowest BCUT2D eigenvalue weighted by Crippen LogP contribution is -2.35. The van der Waals surface area contributed by atoms with Gasteiger partial charge in [0.2, 0.25) is 0 Å². The first kappa shape index (κ1) is 12.1. The molecule has 0 heterocycles. The van der Waals surface area contributed by atoms with Crippen molar-refractivity contribution < 1.29 is 8.95 Å². The van der Waals surface area contributed by atoms with Gasteiger partial charge in [-0.05, 0) is 27.7 Å². The molecule has 0 radical (unpaired) electrons. The molecule has 0 aliphatic rings. The molecule has 1 N–H and O–H groups in total. The maximum absolute atomic E-state index is 11.4. The van der Waals surface area contributed by atoms with E-state index in [-0.39, 0.29) is 4.75 Å². The summed E-state index contributed by atoms with van der Waals surface area (Å²) in [5.41, 5.74) is 0. The molecular weight excluding hydrogens is 174 g/mol. The second-order valence-corrected chi connectivity index (χ2v) is 5.52. The predicted molar refractivity (Wildman–Crippen MR) is 52.4 cm³/mol. The summed E-state index contributed by atoms with van der Waals surface area (Å²) in [5, 5.41) is 0. The van der Waals surface area contributed by atoms with Crippen LogP contribution in [0.1, 0.15) is 27.7 Å². The minimum absolute atomic E-state index is 0.188. The highest BCUT2D eigenvalue weighted by Gasteiger charge is 2.18. The molecular formula is C8H19NO2S. The lowest BCUT2D eigenvalue weighted by molar-refractivity contribution is 0.153. The van der Waals surface area contributed by atoms with Crippen molar-refractivity contribution >= 4 is 11.0 Å². The number of rotatable bonds is 5. The zero-order valence-corrected chi connectivity index (χ0v) is 9.16. The van der Waals surface area contributed by atoms with E-state index in [4.69, 9.17) is 4.74 Å². The molecule has 0 aliphatic heterocycles. The average molecular weight is 193 g/mol. The quantitative estimate of drug-likeness (QED) is 0.663. The molecule has 4 heteroatoms. The van der Waals surface area contributed by atoms with Crippen molar-refractivity contribution in [1.82, 2.24) is 4.72 Å². The molecule has 0 aromatic carbocycles.